The van der Waals surface area contributed by atoms with Gasteiger partial charge >= 0.3 is 5.97 Å². The molecule has 0 saturated carbocycles. The van der Waals surface area contributed by atoms with Gasteiger partial charge in [0.25, 0.3) is 5.79 Å². The van der Waals surface area contributed by atoms with E-state index < -0.39 is 253 Å². The van der Waals surface area contributed by atoms with Gasteiger partial charge in [0.2, 0.25) is 17.7 Å². The standard InChI is InChI=1S/C45H75N3O33/c1-11-24(58)30(64)32(66)41(72-11)80-38-31(65)26(60)17(7-50)75-43(38)77-34-19(9-52)76-40(22(29(34)63)47-13(3)54)79-37-27(61)18(8-51)74-42(33(37)67)78-35-23(48-14(4)55)39(68)73-20(28(35)62)10-71-45(44(69)70)5-15(56)21(46-12(2)53)36(81-45)25(59)16(57)6-49/h11,15-43,49-52,56-68H,5-10H2,1-4H3,(H,46,53)(H,47,54)(H,48,55)(H,69,70)/t11-,15-,16+,17+,18+,19+,20+,21+,22+,23+,24+,25+,26-,27-,28-,29+,30+,31-,32-,33+,34+,35+,36+,37-,38+,39?,40-,41-,42-,43-,45+/m0/s1. The number of carboxylic acid groups (broad SMARTS) is 1. The molecule has 0 spiro atoms. The lowest BCUT2D eigenvalue weighted by Crippen LogP contribution is -2.70. The number of aliphatic hydroxyl groups is 17. The Bertz CT molecular complexity index is 2080. The number of aliphatic carboxylic acids is 1. The van der Waals surface area contributed by atoms with E-state index in [0.29, 0.717) is 0 Å². The number of nitrogens with one attached hydrogen (secondary N) is 3. The van der Waals surface area contributed by atoms with Gasteiger partial charge in [0.1, 0.15) is 134 Å². The Morgan fingerprint density at radius 1 is 0.519 bits per heavy atom. The first-order valence-corrected chi connectivity index (χ1v) is 25.6. The maximum absolute atomic E-state index is 12.9. The van der Waals surface area contributed by atoms with E-state index in [-0.39, 0.29) is 0 Å². The molecule has 6 aliphatic heterocycles. The smallest absolute Gasteiger partial charge is 0.364 e. The highest BCUT2D eigenvalue weighted by Gasteiger charge is 2.60. The fraction of sp³-hybridized carbons (Fsp3) is 0.911. The summed E-state index contributed by atoms with van der Waals surface area (Å²) in [5, 5.41) is 202. The molecule has 36 heteroatoms. The third-order valence-electron chi connectivity index (χ3n) is 14.6. The largest absolute Gasteiger partial charge is 0.477 e. The van der Waals surface area contributed by atoms with E-state index in [1.165, 1.54) is 6.92 Å². The highest BCUT2D eigenvalue weighted by molar-refractivity contribution is 5.77. The third kappa shape index (κ3) is 14.7. The third-order valence-corrected chi connectivity index (χ3v) is 14.6. The van der Waals surface area contributed by atoms with Crippen molar-refractivity contribution >= 4 is 23.7 Å². The van der Waals surface area contributed by atoms with Crippen molar-refractivity contribution in [3.8, 4) is 0 Å². The predicted molar refractivity (Wildman–Crippen MR) is 250 cm³/mol. The predicted octanol–water partition coefficient (Wildman–Crippen LogP) is -13.4. The lowest BCUT2D eigenvalue weighted by atomic mass is 9.88. The number of hydrogen-bond acceptors (Lipinski definition) is 32. The first-order chi connectivity index (χ1) is 38.0. The van der Waals surface area contributed by atoms with Crippen LogP contribution in [0.1, 0.15) is 34.1 Å². The Morgan fingerprint density at radius 3 is 1.60 bits per heavy atom. The van der Waals surface area contributed by atoms with Crippen LogP contribution in [0.25, 0.3) is 0 Å². The summed E-state index contributed by atoms with van der Waals surface area (Å²) in [5.74, 6) is -7.55. The number of ether oxygens (including phenoxy) is 11. The minimum absolute atomic E-state index is 0.794. The molecule has 0 aromatic carbocycles. The van der Waals surface area contributed by atoms with Crippen molar-refractivity contribution < 1.29 is 163 Å². The van der Waals surface area contributed by atoms with Crippen LogP contribution in [0.2, 0.25) is 0 Å². The second-order valence-electron chi connectivity index (χ2n) is 20.4. The van der Waals surface area contributed by atoms with Crippen LogP contribution in [-0.2, 0) is 71.3 Å². The average Bonchev–Trinajstić information content (AvgIpc) is 3.57. The molecule has 0 aromatic rings. The maximum atomic E-state index is 12.9. The molecular weight excluding hydrogens is 1110 g/mol. The normalized spacial score (nSPS) is 46.7. The van der Waals surface area contributed by atoms with Crippen molar-refractivity contribution in [2.75, 3.05) is 33.0 Å². The molecule has 1 unspecified atom stereocenters. The summed E-state index contributed by atoms with van der Waals surface area (Å²) in [6.45, 7) is -1.10. The molecule has 468 valence electrons. The first-order valence-electron chi connectivity index (χ1n) is 25.6. The number of hydrogen-bond donors (Lipinski definition) is 21. The number of carbonyl (C=O) groups excluding carboxylic acids is 3. The lowest BCUT2D eigenvalue weighted by Gasteiger charge is -2.50. The van der Waals surface area contributed by atoms with Crippen molar-refractivity contribution in [2.45, 2.75) is 224 Å². The zero-order chi connectivity index (χ0) is 60.3. The summed E-state index contributed by atoms with van der Waals surface area (Å²) >= 11 is 0. The Morgan fingerprint density at radius 2 is 1.02 bits per heavy atom. The molecule has 6 heterocycles. The Labute approximate surface area is 459 Å². The molecule has 31 atom stereocenters. The summed E-state index contributed by atoms with van der Waals surface area (Å²) < 4.78 is 63.1. The molecule has 0 bridgehead atoms. The number of amides is 3. The SMILES string of the molecule is CC(=O)N[C@H]1[C@H](O[C@H]2[C@@H](O)[C@@H](CO)O[C@@H](O[C@H]3[C@@H](O)[C@@H](CO[C@]4(C(=O)O)C[C@H](O)[C@@H](NC(C)=O)[C@H]([C@H](O)[C@H](O)CO)O4)OC(O)[C@@H]3NC(C)=O)[C@@H]2O)O[C@H](CO)[C@@H](O[C@@H]2O[C@H](CO)[C@H](O)[C@H](O)[C@H]2O[C@@H]2O[C@@H](C)[C@@H](O)[C@@H](O)[C@@H]2O)[C@@H]1O. The minimum atomic E-state index is -3.00. The highest BCUT2D eigenvalue weighted by atomic mass is 16.8. The molecule has 81 heavy (non-hydrogen) atoms. The Balaban J connectivity index is 1.24. The van der Waals surface area contributed by atoms with Gasteiger partial charge in [-0.25, -0.2) is 4.79 Å². The van der Waals surface area contributed by atoms with Crippen molar-refractivity contribution in [1.82, 2.24) is 16.0 Å². The molecule has 0 aromatic heterocycles. The van der Waals surface area contributed by atoms with Gasteiger partial charge in [0.05, 0.1) is 51.3 Å². The van der Waals surface area contributed by atoms with Crippen LogP contribution in [0.15, 0.2) is 0 Å². The van der Waals surface area contributed by atoms with E-state index in [9.17, 15) is 111 Å². The zero-order valence-electron chi connectivity index (χ0n) is 43.7. The molecule has 36 nitrogen and oxygen atoms in total. The van der Waals surface area contributed by atoms with Gasteiger partial charge in [-0.3, -0.25) is 14.4 Å². The van der Waals surface area contributed by atoms with Crippen molar-refractivity contribution in [1.29, 1.82) is 0 Å². The molecular formula is C45H75N3O33. The highest BCUT2D eigenvalue weighted by Crippen LogP contribution is 2.38. The van der Waals surface area contributed by atoms with E-state index in [1.54, 1.807) is 0 Å². The monoisotopic (exact) mass is 1190 g/mol. The first kappa shape index (κ1) is 66.9. The van der Waals surface area contributed by atoms with Gasteiger partial charge in [-0.2, -0.15) is 0 Å². The zero-order valence-corrected chi connectivity index (χ0v) is 43.7. The van der Waals surface area contributed by atoms with Crippen LogP contribution < -0.4 is 16.0 Å². The maximum Gasteiger partial charge on any atom is 0.364 e. The van der Waals surface area contributed by atoms with E-state index in [4.69, 9.17) is 52.1 Å². The molecule has 6 rings (SSSR count). The Hall–Kier alpha value is -3.24. The van der Waals surface area contributed by atoms with Crippen LogP contribution in [-0.4, -0.2) is 338 Å². The second-order valence-corrected chi connectivity index (χ2v) is 20.4. The number of rotatable bonds is 21. The number of aliphatic hydroxyl groups excluding tert-OH is 17. The van der Waals surface area contributed by atoms with Crippen LogP contribution in [0.4, 0.5) is 0 Å². The molecule has 21 N–H and O–H groups in total. The summed E-state index contributed by atoms with van der Waals surface area (Å²) in [7, 11) is 0. The van der Waals surface area contributed by atoms with Gasteiger partial charge in [0, 0.05) is 27.2 Å². The molecule has 6 fully saturated rings. The van der Waals surface area contributed by atoms with Gasteiger partial charge in [-0.15, -0.1) is 0 Å². The fourth-order valence-electron chi connectivity index (χ4n) is 10.2. The molecule has 6 aliphatic rings. The number of carboxylic acids is 1. The second kappa shape index (κ2) is 28.3. The van der Waals surface area contributed by atoms with Crippen LogP contribution >= 0.6 is 0 Å². The average molecular weight is 1190 g/mol. The van der Waals surface area contributed by atoms with Crippen LogP contribution in [0, 0.1) is 0 Å². The van der Waals surface area contributed by atoms with Crippen molar-refractivity contribution in [3.63, 3.8) is 0 Å². The quantitative estimate of drug-likeness (QED) is 0.0507. The Kier molecular flexibility index (Phi) is 23.4. The molecule has 0 aliphatic carbocycles. The van der Waals surface area contributed by atoms with Crippen molar-refractivity contribution in [2.24, 2.45) is 0 Å². The van der Waals surface area contributed by atoms with E-state index in [2.05, 4.69) is 16.0 Å². The van der Waals surface area contributed by atoms with Crippen LogP contribution in [0.5, 0.6) is 0 Å². The minimum Gasteiger partial charge on any atom is -0.477 e. The topological polar surface area (TPSA) is 570 Å². The molecule has 6 saturated heterocycles. The molecule has 0 radical (unpaired) electrons. The van der Waals surface area contributed by atoms with Gasteiger partial charge in [0.15, 0.2) is 31.5 Å². The van der Waals surface area contributed by atoms with Crippen molar-refractivity contribution in [3.05, 3.63) is 0 Å². The molecule has 3 amide bonds. The van der Waals surface area contributed by atoms with Gasteiger partial charge < -0.3 is 160 Å². The fourth-order valence-corrected chi connectivity index (χ4v) is 10.2. The van der Waals surface area contributed by atoms with E-state index >= 15 is 0 Å². The van der Waals surface area contributed by atoms with Crippen LogP contribution in [0.3, 0.4) is 0 Å². The number of carbonyl (C=O) groups is 4. The van der Waals surface area contributed by atoms with Gasteiger partial charge in [-0.05, 0) is 6.92 Å². The summed E-state index contributed by atoms with van der Waals surface area (Å²) in [4.78, 5) is 50.0. The van der Waals surface area contributed by atoms with E-state index in [1.807, 2.05) is 0 Å². The lowest BCUT2D eigenvalue weighted by molar-refractivity contribution is -0.390. The summed E-state index contributed by atoms with van der Waals surface area (Å²) in [5.41, 5.74) is 0. The van der Waals surface area contributed by atoms with Gasteiger partial charge in [-0.1, -0.05) is 0 Å². The van der Waals surface area contributed by atoms with E-state index in [0.717, 1.165) is 20.8 Å². The summed E-state index contributed by atoms with van der Waals surface area (Å²) in [6.07, 6.45) is -53.8. The summed E-state index contributed by atoms with van der Waals surface area (Å²) in [6, 6.07) is -5.27.